The van der Waals surface area contributed by atoms with Crippen LogP contribution in [-0.2, 0) is 17.7 Å². The Bertz CT molecular complexity index is 732. The molecule has 0 spiro atoms. The van der Waals surface area contributed by atoms with Gasteiger partial charge in [0.05, 0.1) is 12.6 Å². The van der Waals surface area contributed by atoms with Crippen LogP contribution < -0.4 is 5.43 Å². The highest BCUT2D eigenvalue weighted by molar-refractivity contribution is 5.21. The molecule has 1 atom stereocenters. The van der Waals surface area contributed by atoms with Gasteiger partial charge in [-0.05, 0) is 31.7 Å². The largest absolute Gasteiger partial charge is 0.502 e. The van der Waals surface area contributed by atoms with Crippen LogP contribution in [0.25, 0.3) is 0 Å². The van der Waals surface area contributed by atoms with Gasteiger partial charge in [0.15, 0.2) is 5.75 Å². The van der Waals surface area contributed by atoms with E-state index in [1.165, 1.54) is 17.2 Å². The molecule has 0 aliphatic carbocycles. The fraction of sp³-hybridized carbons (Fsp3) is 0.450. The Balaban J connectivity index is 1.66. The van der Waals surface area contributed by atoms with Crippen molar-refractivity contribution in [3.8, 4) is 5.75 Å². The fourth-order valence-corrected chi connectivity index (χ4v) is 3.10. The molecule has 0 bridgehead atoms. The summed E-state index contributed by atoms with van der Waals surface area (Å²) in [5.74, 6) is 0.207. The molecule has 1 aromatic heterocycles. The highest BCUT2D eigenvalue weighted by Gasteiger charge is 2.20. The monoisotopic (exact) mass is 343 g/mol. The van der Waals surface area contributed by atoms with Gasteiger partial charge < -0.3 is 14.3 Å². The Labute approximate surface area is 147 Å². The first-order chi connectivity index (χ1) is 12.1. The van der Waals surface area contributed by atoms with Crippen LogP contribution in [0, 0.1) is 6.92 Å². The summed E-state index contributed by atoms with van der Waals surface area (Å²) in [6, 6.07) is 9.92. The molecule has 1 saturated heterocycles. The van der Waals surface area contributed by atoms with Crippen molar-refractivity contribution < 1.29 is 14.3 Å². The fourth-order valence-electron chi connectivity index (χ4n) is 3.10. The summed E-state index contributed by atoms with van der Waals surface area (Å²) >= 11 is 0. The molecule has 0 unspecified atom stereocenters. The van der Waals surface area contributed by atoms with Gasteiger partial charge in [-0.3, -0.25) is 9.69 Å². The van der Waals surface area contributed by atoms with Crippen LogP contribution in [0.15, 0.2) is 45.8 Å². The third kappa shape index (κ3) is 5.18. The van der Waals surface area contributed by atoms with Crippen molar-refractivity contribution in [3.63, 3.8) is 0 Å². The Morgan fingerprint density at radius 2 is 2.08 bits per heavy atom. The van der Waals surface area contributed by atoms with Crippen LogP contribution >= 0.6 is 0 Å². The van der Waals surface area contributed by atoms with Crippen molar-refractivity contribution >= 4 is 0 Å². The van der Waals surface area contributed by atoms with Crippen LogP contribution in [0.1, 0.15) is 29.7 Å². The highest BCUT2D eigenvalue weighted by Crippen LogP contribution is 2.16. The average Bonchev–Trinajstić information content (AvgIpc) is 3.10. The Kier molecular flexibility index (Phi) is 5.89. The molecule has 1 aliphatic heterocycles. The van der Waals surface area contributed by atoms with Crippen molar-refractivity contribution in [3.05, 3.63) is 63.7 Å². The molecule has 1 N–H and O–H groups in total. The van der Waals surface area contributed by atoms with Crippen LogP contribution in [0.5, 0.6) is 5.75 Å². The molecule has 134 valence electrons. The number of hydrogen-bond donors (Lipinski definition) is 1. The summed E-state index contributed by atoms with van der Waals surface area (Å²) < 4.78 is 11.1. The predicted molar refractivity (Wildman–Crippen MR) is 95.8 cm³/mol. The lowest BCUT2D eigenvalue weighted by Gasteiger charge is -2.24. The lowest BCUT2D eigenvalue weighted by Crippen LogP contribution is -2.33. The SMILES string of the molecule is Cc1ccc(CCN(Cc2cc(=O)c(O)co2)C[C@@H]2CCCO2)cc1. The molecule has 1 fully saturated rings. The predicted octanol–water partition coefficient (Wildman–Crippen LogP) is 2.88. The van der Waals surface area contributed by atoms with Crippen LogP contribution in [0.2, 0.25) is 0 Å². The van der Waals surface area contributed by atoms with Crippen molar-refractivity contribution in [2.75, 3.05) is 19.7 Å². The quantitative estimate of drug-likeness (QED) is 0.837. The van der Waals surface area contributed by atoms with Crippen molar-refractivity contribution in [2.45, 2.75) is 38.8 Å². The summed E-state index contributed by atoms with van der Waals surface area (Å²) in [6.07, 6.45) is 4.45. The zero-order valence-electron chi connectivity index (χ0n) is 14.6. The minimum absolute atomic E-state index is 0.238. The second-order valence-electron chi connectivity index (χ2n) is 6.70. The summed E-state index contributed by atoms with van der Waals surface area (Å²) in [5.41, 5.74) is 2.14. The molecule has 1 aliphatic rings. The maximum absolute atomic E-state index is 11.6. The average molecular weight is 343 g/mol. The number of ether oxygens (including phenoxy) is 1. The van der Waals surface area contributed by atoms with Crippen LogP contribution in [0.4, 0.5) is 0 Å². The molecule has 1 aromatic carbocycles. The van der Waals surface area contributed by atoms with Crippen molar-refractivity contribution in [1.82, 2.24) is 4.90 Å². The van der Waals surface area contributed by atoms with Gasteiger partial charge in [0, 0.05) is 25.8 Å². The number of aryl methyl sites for hydroxylation is 1. The van der Waals surface area contributed by atoms with Crippen LogP contribution in [-0.4, -0.2) is 35.8 Å². The summed E-state index contributed by atoms with van der Waals surface area (Å²) in [4.78, 5) is 13.9. The second kappa shape index (κ2) is 8.32. The van der Waals surface area contributed by atoms with E-state index in [1.54, 1.807) is 0 Å². The van der Waals surface area contributed by atoms with E-state index in [0.29, 0.717) is 12.3 Å². The molecule has 0 radical (unpaired) electrons. The number of rotatable bonds is 7. The second-order valence-corrected chi connectivity index (χ2v) is 6.70. The third-order valence-electron chi connectivity index (χ3n) is 4.57. The van der Waals surface area contributed by atoms with E-state index in [4.69, 9.17) is 9.15 Å². The Morgan fingerprint density at radius 1 is 1.28 bits per heavy atom. The first-order valence-corrected chi connectivity index (χ1v) is 8.80. The van der Waals surface area contributed by atoms with E-state index in [-0.39, 0.29) is 11.9 Å². The van der Waals surface area contributed by atoms with Gasteiger partial charge >= 0.3 is 0 Å². The summed E-state index contributed by atoms with van der Waals surface area (Å²) in [7, 11) is 0. The molecular weight excluding hydrogens is 318 g/mol. The third-order valence-corrected chi connectivity index (χ3v) is 4.57. The Hall–Kier alpha value is -2.11. The number of benzene rings is 1. The maximum Gasteiger partial charge on any atom is 0.226 e. The smallest absolute Gasteiger partial charge is 0.226 e. The van der Waals surface area contributed by atoms with E-state index in [0.717, 1.165) is 45.2 Å². The van der Waals surface area contributed by atoms with Gasteiger partial charge in [0.25, 0.3) is 0 Å². The Morgan fingerprint density at radius 3 is 2.76 bits per heavy atom. The van der Waals surface area contributed by atoms with Gasteiger partial charge in [-0.15, -0.1) is 0 Å². The van der Waals surface area contributed by atoms with Crippen molar-refractivity contribution in [2.24, 2.45) is 0 Å². The van der Waals surface area contributed by atoms with Gasteiger partial charge in [0.2, 0.25) is 5.43 Å². The van der Waals surface area contributed by atoms with Gasteiger partial charge in [-0.25, -0.2) is 0 Å². The summed E-state index contributed by atoms with van der Waals surface area (Å²) in [6.45, 7) is 5.11. The molecule has 3 rings (SSSR count). The minimum atomic E-state index is -0.406. The molecule has 25 heavy (non-hydrogen) atoms. The molecule has 0 saturated carbocycles. The zero-order valence-corrected chi connectivity index (χ0v) is 14.6. The first kappa shape index (κ1) is 17.7. The minimum Gasteiger partial charge on any atom is -0.502 e. The molecule has 5 nitrogen and oxygen atoms in total. The van der Waals surface area contributed by atoms with Gasteiger partial charge in [-0.1, -0.05) is 29.8 Å². The standard InChI is InChI=1S/C20H25NO4/c1-15-4-6-16(7-5-15)8-9-21(12-17-3-2-10-24-17)13-18-11-19(22)20(23)14-25-18/h4-7,11,14,17,23H,2-3,8-10,12-13H2,1H3/t17-/m0/s1. The van der Waals surface area contributed by atoms with E-state index in [1.807, 2.05) is 0 Å². The van der Waals surface area contributed by atoms with Crippen molar-refractivity contribution in [1.29, 1.82) is 0 Å². The van der Waals surface area contributed by atoms with E-state index in [2.05, 4.69) is 36.1 Å². The lowest BCUT2D eigenvalue weighted by atomic mass is 10.1. The van der Waals surface area contributed by atoms with E-state index < -0.39 is 5.43 Å². The topological polar surface area (TPSA) is 62.9 Å². The molecule has 2 aromatic rings. The number of nitrogens with zero attached hydrogens (tertiary/aromatic N) is 1. The number of hydrogen-bond acceptors (Lipinski definition) is 5. The molecular formula is C20H25NO4. The molecule has 0 amide bonds. The molecule has 5 heteroatoms. The van der Waals surface area contributed by atoms with E-state index in [9.17, 15) is 9.90 Å². The first-order valence-electron chi connectivity index (χ1n) is 8.80. The normalized spacial score (nSPS) is 17.3. The van der Waals surface area contributed by atoms with Gasteiger partial charge in [0.1, 0.15) is 12.0 Å². The molecule has 2 heterocycles. The summed E-state index contributed by atoms with van der Waals surface area (Å²) in [5, 5.41) is 9.34. The zero-order chi connectivity index (χ0) is 17.6. The highest BCUT2D eigenvalue weighted by atomic mass is 16.5. The van der Waals surface area contributed by atoms with Gasteiger partial charge in [-0.2, -0.15) is 0 Å². The lowest BCUT2D eigenvalue weighted by molar-refractivity contribution is 0.0684. The number of aromatic hydroxyl groups is 1. The van der Waals surface area contributed by atoms with Crippen LogP contribution in [0.3, 0.4) is 0 Å². The maximum atomic E-state index is 11.6. The van der Waals surface area contributed by atoms with E-state index >= 15 is 0 Å².